The fourth-order valence-corrected chi connectivity index (χ4v) is 2.79. The van der Waals surface area contributed by atoms with Gasteiger partial charge in [0.15, 0.2) is 0 Å². The number of aromatic amines is 1. The van der Waals surface area contributed by atoms with Gasteiger partial charge in [0.1, 0.15) is 0 Å². The fraction of sp³-hybridized carbons (Fsp3) is 0.385. The van der Waals surface area contributed by atoms with Crippen LogP contribution in [0.5, 0.6) is 0 Å². The van der Waals surface area contributed by atoms with Crippen molar-refractivity contribution >= 4 is 22.5 Å². The van der Waals surface area contributed by atoms with Gasteiger partial charge in [-0.25, -0.2) is 0 Å². The molecule has 0 amide bonds. The van der Waals surface area contributed by atoms with Crippen molar-refractivity contribution in [3.8, 4) is 0 Å². The topological polar surface area (TPSA) is 41.8 Å². The van der Waals surface area contributed by atoms with Gasteiger partial charge < -0.3 is 10.7 Å². The Bertz CT molecular complexity index is 526. The molecular weight excluding hydrogens is 220 g/mol. The third-order valence-corrected chi connectivity index (χ3v) is 3.93. The highest BCUT2D eigenvalue weighted by atomic mass is 35.5. The minimum atomic E-state index is 0.348. The van der Waals surface area contributed by atoms with Gasteiger partial charge in [0.05, 0.1) is 0 Å². The molecule has 0 atom stereocenters. The first-order chi connectivity index (χ1) is 7.75. The van der Waals surface area contributed by atoms with Crippen LogP contribution in [0.3, 0.4) is 0 Å². The van der Waals surface area contributed by atoms with E-state index < -0.39 is 0 Å². The van der Waals surface area contributed by atoms with Crippen LogP contribution < -0.4 is 5.73 Å². The van der Waals surface area contributed by atoms with Gasteiger partial charge in [-0.15, -0.1) is 0 Å². The van der Waals surface area contributed by atoms with Crippen LogP contribution >= 0.6 is 11.6 Å². The summed E-state index contributed by atoms with van der Waals surface area (Å²) in [5, 5.41) is 2.08. The van der Waals surface area contributed by atoms with E-state index in [1.165, 1.54) is 23.8 Å². The zero-order valence-corrected chi connectivity index (χ0v) is 9.85. The summed E-state index contributed by atoms with van der Waals surface area (Å²) in [6.07, 6.45) is 5.74. The Morgan fingerprint density at radius 2 is 2.19 bits per heavy atom. The molecule has 0 saturated heterocycles. The number of rotatable bonds is 3. The maximum absolute atomic E-state index is 5.98. The van der Waals surface area contributed by atoms with Crippen LogP contribution in [0.15, 0.2) is 24.4 Å². The van der Waals surface area contributed by atoms with Crippen LogP contribution in [0, 0.1) is 0 Å². The number of halogens is 1. The van der Waals surface area contributed by atoms with Gasteiger partial charge in [-0.1, -0.05) is 17.7 Å². The van der Waals surface area contributed by atoms with Crippen molar-refractivity contribution in [2.45, 2.75) is 24.7 Å². The Morgan fingerprint density at radius 1 is 1.38 bits per heavy atom. The second-order valence-corrected chi connectivity index (χ2v) is 5.15. The van der Waals surface area contributed by atoms with Crippen molar-refractivity contribution < 1.29 is 0 Å². The zero-order valence-electron chi connectivity index (χ0n) is 9.09. The number of hydrogen-bond donors (Lipinski definition) is 2. The summed E-state index contributed by atoms with van der Waals surface area (Å²) in [4.78, 5) is 3.31. The Balaban J connectivity index is 2.11. The number of nitrogens with one attached hydrogen (secondary N) is 1. The van der Waals surface area contributed by atoms with Crippen LogP contribution in [0.2, 0.25) is 5.02 Å². The van der Waals surface area contributed by atoms with Crippen molar-refractivity contribution in [3.05, 3.63) is 35.0 Å². The van der Waals surface area contributed by atoms with E-state index in [4.69, 9.17) is 17.3 Å². The summed E-state index contributed by atoms with van der Waals surface area (Å²) < 4.78 is 0. The second-order valence-electron chi connectivity index (χ2n) is 4.71. The fourth-order valence-electron chi connectivity index (χ4n) is 2.62. The van der Waals surface area contributed by atoms with E-state index in [1.54, 1.807) is 0 Å². The van der Waals surface area contributed by atoms with Crippen molar-refractivity contribution in [2.75, 3.05) is 6.54 Å². The lowest BCUT2D eigenvalue weighted by Gasteiger charge is -2.12. The molecule has 1 aliphatic rings. The van der Waals surface area contributed by atoms with Crippen molar-refractivity contribution in [1.82, 2.24) is 4.98 Å². The molecule has 1 fully saturated rings. The summed E-state index contributed by atoms with van der Waals surface area (Å²) in [5.74, 6) is 0. The molecule has 3 rings (SSSR count). The molecule has 16 heavy (non-hydrogen) atoms. The van der Waals surface area contributed by atoms with E-state index in [0.29, 0.717) is 5.41 Å². The molecule has 1 aromatic heterocycles. The summed E-state index contributed by atoms with van der Waals surface area (Å²) in [6, 6.07) is 6.05. The molecule has 1 aliphatic carbocycles. The minimum Gasteiger partial charge on any atom is -0.361 e. The lowest BCUT2D eigenvalue weighted by Crippen LogP contribution is -2.12. The molecule has 2 aromatic rings. The maximum Gasteiger partial charge on any atom is 0.0471 e. The first-order valence-electron chi connectivity index (χ1n) is 5.72. The third-order valence-electron chi connectivity index (χ3n) is 3.69. The number of hydrogen-bond acceptors (Lipinski definition) is 1. The molecule has 0 unspecified atom stereocenters. The van der Waals surface area contributed by atoms with E-state index in [2.05, 4.69) is 17.2 Å². The van der Waals surface area contributed by atoms with Crippen LogP contribution in [0.25, 0.3) is 10.9 Å². The van der Waals surface area contributed by atoms with Crippen molar-refractivity contribution in [1.29, 1.82) is 0 Å². The largest absolute Gasteiger partial charge is 0.361 e. The normalized spacial score (nSPS) is 17.9. The first-order valence-corrected chi connectivity index (χ1v) is 6.10. The quantitative estimate of drug-likeness (QED) is 0.842. The van der Waals surface area contributed by atoms with E-state index in [9.17, 15) is 0 Å². The molecule has 0 bridgehead atoms. The standard InChI is InChI=1S/C13H15ClN2/c14-9-1-2-10-11(8-16-12(10)7-9)13(3-4-13)5-6-15/h1-2,7-8,16H,3-6,15H2. The highest BCUT2D eigenvalue weighted by molar-refractivity contribution is 6.31. The Morgan fingerprint density at radius 3 is 2.88 bits per heavy atom. The summed E-state index contributed by atoms with van der Waals surface area (Å²) in [7, 11) is 0. The van der Waals surface area contributed by atoms with Gasteiger partial charge in [-0.3, -0.25) is 0 Å². The van der Waals surface area contributed by atoms with Gasteiger partial charge in [-0.2, -0.15) is 0 Å². The van der Waals surface area contributed by atoms with Crippen LogP contribution in [0.4, 0.5) is 0 Å². The molecule has 84 valence electrons. The van der Waals surface area contributed by atoms with Crippen molar-refractivity contribution in [2.24, 2.45) is 5.73 Å². The van der Waals surface area contributed by atoms with Gasteiger partial charge in [-0.05, 0) is 48.9 Å². The van der Waals surface area contributed by atoms with Gasteiger partial charge in [0.25, 0.3) is 0 Å². The summed E-state index contributed by atoms with van der Waals surface area (Å²) in [5.41, 5.74) is 8.60. The molecule has 0 aliphatic heterocycles. The number of nitrogens with two attached hydrogens (primary N) is 1. The highest BCUT2D eigenvalue weighted by Crippen LogP contribution is 2.52. The van der Waals surface area contributed by atoms with Gasteiger partial charge in [0.2, 0.25) is 0 Å². The number of fused-ring (bicyclic) bond motifs is 1. The predicted molar refractivity (Wildman–Crippen MR) is 67.9 cm³/mol. The summed E-state index contributed by atoms with van der Waals surface area (Å²) in [6.45, 7) is 0.764. The van der Waals surface area contributed by atoms with E-state index in [0.717, 1.165) is 23.5 Å². The molecule has 3 N–H and O–H groups in total. The smallest absolute Gasteiger partial charge is 0.0471 e. The van der Waals surface area contributed by atoms with E-state index >= 15 is 0 Å². The average molecular weight is 235 g/mol. The van der Waals surface area contributed by atoms with Crippen LogP contribution in [0.1, 0.15) is 24.8 Å². The molecule has 3 heteroatoms. The SMILES string of the molecule is NCCC1(c2c[nH]c3cc(Cl)ccc23)CC1. The third kappa shape index (κ3) is 1.45. The molecule has 0 spiro atoms. The van der Waals surface area contributed by atoms with E-state index in [1.807, 2.05) is 12.1 Å². The minimum absolute atomic E-state index is 0.348. The lowest BCUT2D eigenvalue weighted by molar-refractivity contribution is 0.634. The van der Waals surface area contributed by atoms with Crippen LogP contribution in [-0.4, -0.2) is 11.5 Å². The monoisotopic (exact) mass is 234 g/mol. The Kier molecular flexibility index (Phi) is 2.23. The molecule has 1 saturated carbocycles. The maximum atomic E-state index is 5.98. The van der Waals surface area contributed by atoms with Crippen molar-refractivity contribution in [3.63, 3.8) is 0 Å². The van der Waals surface area contributed by atoms with E-state index in [-0.39, 0.29) is 0 Å². The molecule has 1 heterocycles. The Labute approximate surface area is 99.8 Å². The predicted octanol–water partition coefficient (Wildman–Crippen LogP) is 3.20. The molecular formula is C13H15ClN2. The zero-order chi connectivity index (χ0) is 11.2. The molecule has 1 aromatic carbocycles. The molecule has 0 radical (unpaired) electrons. The number of benzene rings is 1. The van der Waals surface area contributed by atoms with Gasteiger partial charge in [0, 0.05) is 22.1 Å². The highest BCUT2D eigenvalue weighted by Gasteiger charge is 2.44. The lowest BCUT2D eigenvalue weighted by atomic mass is 9.92. The second kappa shape index (κ2) is 3.51. The molecule has 2 nitrogen and oxygen atoms in total. The number of aromatic nitrogens is 1. The Hall–Kier alpha value is -0.990. The average Bonchev–Trinajstić information content (AvgIpc) is 2.92. The summed E-state index contributed by atoms with van der Waals surface area (Å²) >= 11 is 5.98. The van der Waals surface area contributed by atoms with Gasteiger partial charge >= 0.3 is 0 Å². The number of H-pyrrole nitrogens is 1. The first kappa shape index (κ1) is 10.2. The van der Waals surface area contributed by atoms with Crippen LogP contribution in [-0.2, 0) is 5.41 Å².